The Morgan fingerprint density at radius 3 is 2.58 bits per heavy atom. The number of hydrogen-bond acceptors (Lipinski definition) is 1. The van der Waals surface area contributed by atoms with Crippen molar-refractivity contribution in [3.63, 3.8) is 0 Å². The van der Waals surface area contributed by atoms with Gasteiger partial charge in [-0.2, -0.15) is 0 Å². The molecule has 0 saturated carbocycles. The maximum atomic E-state index is 2.58. The Labute approximate surface area is 76.5 Å². The molecule has 0 atom stereocenters. The fraction of sp³-hybridized carbons (Fsp3) is 0.818. The summed E-state index contributed by atoms with van der Waals surface area (Å²) in [4.78, 5) is 2.58. The van der Waals surface area contributed by atoms with E-state index in [9.17, 15) is 0 Å². The maximum Gasteiger partial charge on any atom is 0.00387 e. The van der Waals surface area contributed by atoms with Gasteiger partial charge < -0.3 is 4.90 Å². The first-order valence-corrected chi connectivity index (χ1v) is 5.12. The number of rotatable bonds is 1. The SMILES string of the molecule is C/C=C1/CCCN(C(C)C)CC1. The van der Waals surface area contributed by atoms with Gasteiger partial charge in [-0.25, -0.2) is 0 Å². The van der Waals surface area contributed by atoms with Crippen molar-refractivity contribution in [1.29, 1.82) is 0 Å². The van der Waals surface area contributed by atoms with Crippen LogP contribution in [0.2, 0.25) is 0 Å². The lowest BCUT2D eigenvalue weighted by Gasteiger charge is -2.23. The topological polar surface area (TPSA) is 3.24 Å². The van der Waals surface area contributed by atoms with E-state index in [1.54, 1.807) is 5.57 Å². The second-order valence-electron chi connectivity index (χ2n) is 3.93. The van der Waals surface area contributed by atoms with Crippen LogP contribution in [0.5, 0.6) is 0 Å². The van der Waals surface area contributed by atoms with Crippen LogP contribution in [-0.4, -0.2) is 24.0 Å². The summed E-state index contributed by atoms with van der Waals surface area (Å²) >= 11 is 0. The van der Waals surface area contributed by atoms with E-state index >= 15 is 0 Å². The zero-order chi connectivity index (χ0) is 8.97. The Bertz CT molecular complexity index is 158. The summed E-state index contributed by atoms with van der Waals surface area (Å²) in [6.45, 7) is 9.30. The highest BCUT2D eigenvalue weighted by Crippen LogP contribution is 2.17. The van der Waals surface area contributed by atoms with E-state index in [0.717, 1.165) is 6.04 Å². The van der Waals surface area contributed by atoms with Crippen molar-refractivity contribution in [2.75, 3.05) is 13.1 Å². The molecule has 0 spiro atoms. The Kier molecular flexibility index (Phi) is 3.80. The zero-order valence-corrected chi connectivity index (χ0v) is 8.64. The predicted molar refractivity (Wildman–Crippen MR) is 54.3 cm³/mol. The minimum Gasteiger partial charge on any atom is -0.301 e. The molecule has 0 unspecified atom stereocenters. The second kappa shape index (κ2) is 4.66. The van der Waals surface area contributed by atoms with Crippen LogP contribution in [0.1, 0.15) is 40.0 Å². The highest BCUT2D eigenvalue weighted by atomic mass is 15.1. The van der Waals surface area contributed by atoms with E-state index in [1.165, 1.54) is 32.4 Å². The molecule has 1 heteroatoms. The Balaban J connectivity index is 2.44. The van der Waals surface area contributed by atoms with E-state index in [0.29, 0.717) is 0 Å². The molecule has 1 nitrogen and oxygen atoms in total. The molecule has 1 rings (SSSR count). The van der Waals surface area contributed by atoms with Crippen molar-refractivity contribution >= 4 is 0 Å². The number of hydrogen-bond donors (Lipinski definition) is 0. The molecule has 1 heterocycles. The first-order valence-electron chi connectivity index (χ1n) is 5.12. The van der Waals surface area contributed by atoms with Gasteiger partial charge >= 0.3 is 0 Å². The molecule has 70 valence electrons. The molecule has 0 N–H and O–H groups in total. The van der Waals surface area contributed by atoms with E-state index in [4.69, 9.17) is 0 Å². The van der Waals surface area contributed by atoms with Gasteiger partial charge in [0.2, 0.25) is 0 Å². The number of likely N-dealkylation sites (tertiary alicyclic amines) is 1. The molecule has 0 aromatic heterocycles. The minimum atomic E-state index is 0.723. The van der Waals surface area contributed by atoms with Crippen LogP contribution in [0, 0.1) is 0 Å². The highest BCUT2D eigenvalue weighted by molar-refractivity contribution is 5.02. The summed E-state index contributed by atoms with van der Waals surface area (Å²) in [5.41, 5.74) is 1.65. The Morgan fingerprint density at radius 2 is 2.00 bits per heavy atom. The molecule has 0 radical (unpaired) electrons. The van der Waals surface area contributed by atoms with Crippen molar-refractivity contribution < 1.29 is 0 Å². The average Bonchev–Trinajstić information content (AvgIpc) is 2.28. The molecule has 0 bridgehead atoms. The van der Waals surface area contributed by atoms with Crippen LogP contribution in [0.4, 0.5) is 0 Å². The molecule has 1 aliphatic heterocycles. The third-order valence-electron chi connectivity index (χ3n) is 2.80. The largest absolute Gasteiger partial charge is 0.301 e. The molecule has 0 aromatic rings. The normalized spacial score (nSPS) is 24.8. The lowest BCUT2D eigenvalue weighted by atomic mass is 10.1. The summed E-state index contributed by atoms with van der Waals surface area (Å²) in [5, 5.41) is 0. The van der Waals surface area contributed by atoms with E-state index in [1.807, 2.05) is 0 Å². The van der Waals surface area contributed by atoms with E-state index in [2.05, 4.69) is 31.7 Å². The van der Waals surface area contributed by atoms with Gasteiger partial charge in [-0.1, -0.05) is 11.6 Å². The summed E-state index contributed by atoms with van der Waals surface area (Å²) in [6, 6.07) is 0.723. The van der Waals surface area contributed by atoms with Crippen LogP contribution in [0.15, 0.2) is 11.6 Å². The lowest BCUT2D eigenvalue weighted by Crippen LogP contribution is -2.31. The van der Waals surface area contributed by atoms with Crippen LogP contribution >= 0.6 is 0 Å². The predicted octanol–water partition coefficient (Wildman–Crippen LogP) is 2.83. The molecule has 1 fully saturated rings. The van der Waals surface area contributed by atoms with Crippen LogP contribution < -0.4 is 0 Å². The Morgan fingerprint density at radius 1 is 1.25 bits per heavy atom. The quantitative estimate of drug-likeness (QED) is 0.543. The standard InChI is InChI=1S/C11H21N/c1-4-11-6-5-8-12(9-7-11)10(2)3/h4,10H,5-9H2,1-3H3/b11-4-. The van der Waals surface area contributed by atoms with Gasteiger partial charge in [0.1, 0.15) is 0 Å². The van der Waals surface area contributed by atoms with Crippen LogP contribution in [-0.2, 0) is 0 Å². The molecule has 0 amide bonds. The van der Waals surface area contributed by atoms with Gasteiger partial charge in [-0.05, 0) is 46.6 Å². The maximum absolute atomic E-state index is 2.58. The smallest absolute Gasteiger partial charge is 0.00387 e. The van der Waals surface area contributed by atoms with Crippen molar-refractivity contribution in [3.05, 3.63) is 11.6 Å². The summed E-state index contributed by atoms with van der Waals surface area (Å²) in [7, 11) is 0. The third kappa shape index (κ3) is 2.63. The van der Waals surface area contributed by atoms with Crippen molar-refractivity contribution in [2.45, 2.75) is 46.1 Å². The third-order valence-corrected chi connectivity index (χ3v) is 2.80. The molecule has 0 aliphatic carbocycles. The van der Waals surface area contributed by atoms with Gasteiger partial charge in [0, 0.05) is 12.6 Å². The molecular weight excluding hydrogens is 146 g/mol. The average molecular weight is 167 g/mol. The van der Waals surface area contributed by atoms with Gasteiger partial charge in [0.25, 0.3) is 0 Å². The lowest BCUT2D eigenvalue weighted by molar-refractivity contribution is 0.232. The second-order valence-corrected chi connectivity index (χ2v) is 3.93. The van der Waals surface area contributed by atoms with Crippen LogP contribution in [0.25, 0.3) is 0 Å². The van der Waals surface area contributed by atoms with E-state index in [-0.39, 0.29) is 0 Å². The van der Waals surface area contributed by atoms with Gasteiger partial charge in [0.15, 0.2) is 0 Å². The van der Waals surface area contributed by atoms with Gasteiger partial charge in [-0.3, -0.25) is 0 Å². The van der Waals surface area contributed by atoms with Crippen LogP contribution in [0.3, 0.4) is 0 Å². The molecule has 12 heavy (non-hydrogen) atoms. The first kappa shape index (κ1) is 9.79. The minimum absolute atomic E-state index is 0.723. The summed E-state index contributed by atoms with van der Waals surface area (Å²) in [5.74, 6) is 0. The first-order chi connectivity index (χ1) is 5.74. The molecular formula is C11H21N. The number of allylic oxidation sites excluding steroid dienone is 1. The van der Waals surface area contributed by atoms with Crippen molar-refractivity contribution in [2.24, 2.45) is 0 Å². The van der Waals surface area contributed by atoms with Gasteiger partial charge in [-0.15, -0.1) is 0 Å². The van der Waals surface area contributed by atoms with Crippen molar-refractivity contribution in [3.8, 4) is 0 Å². The Hall–Kier alpha value is -0.300. The molecule has 1 saturated heterocycles. The molecule has 0 aromatic carbocycles. The van der Waals surface area contributed by atoms with Crippen molar-refractivity contribution in [1.82, 2.24) is 4.90 Å². The fourth-order valence-electron chi connectivity index (χ4n) is 1.84. The van der Waals surface area contributed by atoms with E-state index < -0.39 is 0 Å². The number of nitrogens with zero attached hydrogens (tertiary/aromatic N) is 1. The van der Waals surface area contributed by atoms with Gasteiger partial charge in [0.05, 0.1) is 0 Å². The monoisotopic (exact) mass is 167 g/mol. The highest BCUT2D eigenvalue weighted by Gasteiger charge is 2.13. The molecule has 1 aliphatic rings. The summed E-state index contributed by atoms with van der Waals surface area (Å²) in [6.07, 6.45) is 6.25. The zero-order valence-electron chi connectivity index (χ0n) is 8.64. The fourth-order valence-corrected chi connectivity index (χ4v) is 1.84. The summed E-state index contributed by atoms with van der Waals surface area (Å²) < 4.78 is 0.